The molecule has 2 nitrogen and oxygen atoms in total. The van der Waals surface area contributed by atoms with Crippen LogP contribution in [0.1, 0.15) is 38.8 Å². The van der Waals surface area contributed by atoms with E-state index in [0.29, 0.717) is 0 Å². The van der Waals surface area contributed by atoms with Gasteiger partial charge in [-0.05, 0) is 69.3 Å². The lowest BCUT2D eigenvalue weighted by Crippen LogP contribution is -2.41. The van der Waals surface area contributed by atoms with Gasteiger partial charge in [-0.2, -0.15) is 0 Å². The van der Waals surface area contributed by atoms with Crippen LogP contribution in [0.15, 0.2) is 42.5 Å². The normalized spacial score (nSPS) is 19.1. The van der Waals surface area contributed by atoms with Gasteiger partial charge in [0.25, 0.3) is 0 Å². The molecule has 1 aliphatic rings. The highest BCUT2D eigenvalue weighted by molar-refractivity contribution is 6.62. The fraction of sp³-hybridized carbons (Fsp3) is 0.400. The van der Waals surface area contributed by atoms with E-state index in [1.54, 1.807) is 0 Å². The minimum atomic E-state index is -0.305. The van der Waals surface area contributed by atoms with Gasteiger partial charge < -0.3 is 9.31 Å². The molecule has 2 aromatic rings. The molecule has 0 N–H and O–H groups in total. The maximum atomic E-state index is 6.15. The van der Waals surface area contributed by atoms with Gasteiger partial charge in [0.1, 0.15) is 0 Å². The third kappa shape index (κ3) is 2.84. The zero-order chi connectivity index (χ0) is 16.8. The van der Waals surface area contributed by atoms with E-state index in [1.165, 1.54) is 22.3 Å². The summed E-state index contributed by atoms with van der Waals surface area (Å²) in [4.78, 5) is 0. The van der Waals surface area contributed by atoms with Crippen LogP contribution in [0, 0.1) is 13.8 Å². The van der Waals surface area contributed by atoms with Crippen molar-refractivity contribution < 1.29 is 9.31 Å². The molecule has 0 aliphatic carbocycles. The second-order valence-electron chi connectivity index (χ2n) is 7.48. The highest BCUT2D eigenvalue weighted by Crippen LogP contribution is 2.36. The lowest BCUT2D eigenvalue weighted by Gasteiger charge is -2.32. The summed E-state index contributed by atoms with van der Waals surface area (Å²) < 4.78 is 12.3. The molecular weight excluding hydrogens is 283 g/mol. The summed E-state index contributed by atoms with van der Waals surface area (Å²) >= 11 is 0. The SMILES string of the molecule is Cc1ccccc1-c1ccc(B2OC(C)(C)C(C)(C)O2)cc1C. The van der Waals surface area contributed by atoms with E-state index in [-0.39, 0.29) is 18.3 Å². The van der Waals surface area contributed by atoms with Crippen molar-refractivity contribution >= 4 is 12.6 Å². The van der Waals surface area contributed by atoms with Crippen LogP contribution in [0.5, 0.6) is 0 Å². The fourth-order valence-electron chi connectivity index (χ4n) is 2.99. The van der Waals surface area contributed by atoms with Crippen molar-refractivity contribution in [2.24, 2.45) is 0 Å². The van der Waals surface area contributed by atoms with Gasteiger partial charge in [-0.3, -0.25) is 0 Å². The fourth-order valence-corrected chi connectivity index (χ4v) is 2.99. The summed E-state index contributed by atoms with van der Waals surface area (Å²) in [6, 6.07) is 15.0. The Kier molecular flexibility index (Phi) is 3.90. The molecule has 0 radical (unpaired) electrons. The van der Waals surface area contributed by atoms with Gasteiger partial charge in [0.05, 0.1) is 11.2 Å². The van der Waals surface area contributed by atoms with Crippen molar-refractivity contribution in [3.05, 3.63) is 53.6 Å². The molecule has 2 aromatic carbocycles. The molecule has 0 spiro atoms. The Bertz CT molecular complexity index is 718. The second kappa shape index (κ2) is 5.50. The largest absolute Gasteiger partial charge is 0.494 e. The van der Waals surface area contributed by atoms with Crippen molar-refractivity contribution in [3.63, 3.8) is 0 Å². The van der Waals surface area contributed by atoms with Crippen molar-refractivity contribution in [1.29, 1.82) is 0 Å². The zero-order valence-corrected chi connectivity index (χ0v) is 14.9. The Balaban J connectivity index is 1.94. The quantitative estimate of drug-likeness (QED) is 0.771. The van der Waals surface area contributed by atoms with Gasteiger partial charge in [-0.15, -0.1) is 0 Å². The number of rotatable bonds is 2. The van der Waals surface area contributed by atoms with E-state index in [2.05, 4.69) is 84.0 Å². The molecule has 0 bridgehead atoms. The van der Waals surface area contributed by atoms with E-state index in [9.17, 15) is 0 Å². The Morgan fingerprint density at radius 1 is 0.739 bits per heavy atom. The number of aryl methyl sites for hydroxylation is 2. The zero-order valence-electron chi connectivity index (χ0n) is 14.9. The average Bonchev–Trinajstić information content (AvgIpc) is 2.68. The van der Waals surface area contributed by atoms with E-state index >= 15 is 0 Å². The molecule has 0 aromatic heterocycles. The summed E-state index contributed by atoms with van der Waals surface area (Å²) in [5, 5.41) is 0. The van der Waals surface area contributed by atoms with Crippen molar-refractivity contribution in [2.45, 2.75) is 52.7 Å². The topological polar surface area (TPSA) is 18.5 Å². The second-order valence-corrected chi connectivity index (χ2v) is 7.48. The molecular formula is C20H25BO2. The molecule has 0 saturated carbocycles. The summed E-state index contributed by atoms with van der Waals surface area (Å²) in [5.41, 5.74) is 5.55. The predicted octanol–water partition coefficient (Wildman–Crippen LogP) is 4.27. The molecule has 1 aliphatic heterocycles. The van der Waals surface area contributed by atoms with Crippen LogP contribution in [0.2, 0.25) is 0 Å². The molecule has 3 heteroatoms. The van der Waals surface area contributed by atoms with Crippen LogP contribution < -0.4 is 5.46 Å². The van der Waals surface area contributed by atoms with Gasteiger partial charge in [0, 0.05) is 0 Å². The van der Waals surface area contributed by atoms with Gasteiger partial charge in [-0.25, -0.2) is 0 Å². The van der Waals surface area contributed by atoms with Crippen LogP contribution in [0.4, 0.5) is 0 Å². The van der Waals surface area contributed by atoms with Crippen LogP contribution in [0.3, 0.4) is 0 Å². The number of hydrogen-bond donors (Lipinski definition) is 0. The molecule has 0 atom stereocenters. The molecule has 3 rings (SSSR count). The summed E-state index contributed by atoms with van der Waals surface area (Å²) in [6.45, 7) is 12.6. The Hall–Kier alpha value is -1.58. The van der Waals surface area contributed by atoms with Gasteiger partial charge in [-0.1, -0.05) is 42.5 Å². The lowest BCUT2D eigenvalue weighted by atomic mass is 9.77. The molecule has 1 heterocycles. The summed E-state index contributed by atoms with van der Waals surface area (Å²) in [6.07, 6.45) is 0. The standard InChI is InChI=1S/C20H25BO2/c1-14-9-7-8-10-17(14)18-12-11-16(13-15(18)2)21-22-19(3,4)20(5,6)23-21/h7-13H,1-6H3. The van der Waals surface area contributed by atoms with Crippen LogP contribution in [-0.4, -0.2) is 18.3 Å². The number of hydrogen-bond acceptors (Lipinski definition) is 2. The maximum Gasteiger partial charge on any atom is 0.494 e. The molecule has 120 valence electrons. The molecule has 1 saturated heterocycles. The Labute approximate surface area is 140 Å². The van der Waals surface area contributed by atoms with Crippen molar-refractivity contribution in [1.82, 2.24) is 0 Å². The maximum absolute atomic E-state index is 6.15. The highest BCUT2D eigenvalue weighted by atomic mass is 16.7. The molecule has 0 unspecified atom stereocenters. The lowest BCUT2D eigenvalue weighted by molar-refractivity contribution is 0.00578. The smallest absolute Gasteiger partial charge is 0.399 e. The highest BCUT2D eigenvalue weighted by Gasteiger charge is 2.51. The van der Waals surface area contributed by atoms with Crippen molar-refractivity contribution in [2.75, 3.05) is 0 Å². The molecule has 0 amide bonds. The van der Waals surface area contributed by atoms with Crippen LogP contribution in [0.25, 0.3) is 11.1 Å². The van der Waals surface area contributed by atoms with Crippen LogP contribution in [-0.2, 0) is 9.31 Å². The Morgan fingerprint density at radius 3 is 1.87 bits per heavy atom. The first kappa shape index (κ1) is 16.3. The molecule has 23 heavy (non-hydrogen) atoms. The average molecular weight is 308 g/mol. The van der Waals surface area contributed by atoms with Crippen LogP contribution >= 0.6 is 0 Å². The first-order valence-corrected chi connectivity index (χ1v) is 8.23. The third-order valence-electron chi connectivity index (χ3n) is 5.21. The Morgan fingerprint density at radius 2 is 1.30 bits per heavy atom. The monoisotopic (exact) mass is 308 g/mol. The van der Waals surface area contributed by atoms with E-state index < -0.39 is 0 Å². The first-order valence-electron chi connectivity index (χ1n) is 8.23. The number of benzene rings is 2. The minimum absolute atomic E-state index is 0.301. The van der Waals surface area contributed by atoms with E-state index in [4.69, 9.17) is 9.31 Å². The summed E-state index contributed by atoms with van der Waals surface area (Å²) in [7, 11) is -0.301. The third-order valence-corrected chi connectivity index (χ3v) is 5.21. The summed E-state index contributed by atoms with van der Waals surface area (Å²) in [5.74, 6) is 0. The first-order chi connectivity index (χ1) is 10.7. The van der Waals surface area contributed by atoms with Crippen molar-refractivity contribution in [3.8, 4) is 11.1 Å². The molecule has 1 fully saturated rings. The van der Waals surface area contributed by atoms with Gasteiger partial charge >= 0.3 is 7.12 Å². The van der Waals surface area contributed by atoms with Gasteiger partial charge in [0.15, 0.2) is 0 Å². The minimum Gasteiger partial charge on any atom is -0.399 e. The van der Waals surface area contributed by atoms with E-state index in [1.807, 2.05) is 0 Å². The van der Waals surface area contributed by atoms with Gasteiger partial charge in [0.2, 0.25) is 0 Å². The van der Waals surface area contributed by atoms with E-state index in [0.717, 1.165) is 5.46 Å². The predicted molar refractivity (Wildman–Crippen MR) is 97.1 cm³/mol.